The van der Waals surface area contributed by atoms with Crippen molar-refractivity contribution in [3.63, 3.8) is 0 Å². The number of allylic oxidation sites excluding steroid dienone is 3. The van der Waals surface area contributed by atoms with Crippen LogP contribution in [0.1, 0.15) is 34.6 Å². The first kappa shape index (κ1) is 19.4. The van der Waals surface area contributed by atoms with Crippen LogP contribution in [-0.4, -0.2) is 36.7 Å². The summed E-state index contributed by atoms with van der Waals surface area (Å²) in [6.07, 6.45) is 6.86. The lowest BCUT2D eigenvalue weighted by Gasteiger charge is -2.30. The van der Waals surface area contributed by atoms with E-state index < -0.39 is 27.8 Å². The van der Waals surface area contributed by atoms with Crippen molar-refractivity contribution < 1.29 is 17.9 Å². The number of hydrogen-bond donors (Lipinski definition) is 0. The molecule has 0 aromatic heterocycles. The molecule has 0 aromatic carbocycles. The van der Waals surface area contributed by atoms with Gasteiger partial charge in [0.05, 0.1) is 12.3 Å². The molecule has 0 aliphatic rings. The van der Waals surface area contributed by atoms with E-state index in [0.717, 1.165) is 10.6 Å². The summed E-state index contributed by atoms with van der Waals surface area (Å²) in [5, 5.41) is 0. The molecule has 0 aliphatic carbocycles. The fourth-order valence-electron chi connectivity index (χ4n) is 1.61. The molecule has 1 atom stereocenters. The maximum absolute atomic E-state index is 12.2. The predicted molar refractivity (Wildman–Crippen MR) is 85.5 cm³/mol. The lowest BCUT2D eigenvalue weighted by Crippen LogP contribution is -2.45. The van der Waals surface area contributed by atoms with E-state index in [1.807, 2.05) is 6.92 Å². The summed E-state index contributed by atoms with van der Waals surface area (Å²) in [4.78, 5) is 12.2. The van der Waals surface area contributed by atoms with Gasteiger partial charge in [-0.2, -0.15) is 4.31 Å². The minimum absolute atomic E-state index is 0.601. The average molecular weight is 315 g/mol. The van der Waals surface area contributed by atoms with Crippen LogP contribution in [0.25, 0.3) is 0 Å². The molecule has 0 N–H and O–H groups in total. The molecule has 0 rings (SSSR count). The van der Waals surface area contributed by atoms with Gasteiger partial charge in [-0.25, -0.2) is 13.2 Å². The molecule has 0 saturated heterocycles. The molecule has 0 bridgehead atoms. The van der Waals surface area contributed by atoms with Crippen LogP contribution in [0.3, 0.4) is 0 Å². The Morgan fingerprint density at radius 2 is 1.86 bits per heavy atom. The van der Waals surface area contributed by atoms with Gasteiger partial charge in [-0.15, -0.1) is 0 Å². The van der Waals surface area contributed by atoms with Crippen LogP contribution in [0.5, 0.6) is 0 Å². The molecule has 0 unspecified atom stereocenters. The van der Waals surface area contributed by atoms with E-state index in [1.165, 1.54) is 6.08 Å². The Hall–Kier alpha value is -1.56. The van der Waals surface area contributed by atoms with E-state index in [1.54, 1.807) is 45.9 Å². The van der Waals surface area contributed by atoms with Gasteiger partial charge in [-0.3, -0.25) is 0 Å². The lowest BCUT2D eigenvalue weighted by molar-refractivity contribution is 0.0366. The highest BCUT2D eigenvalue weighted by atomic mass is 32.2. The maximum atomic E-state index is 12.2. The molecule has 1 amide bonds. The average Bonchev–Trinajstić information content (AvgIpc) is 2.25. The SMILES string of the molecule is C=C/C(=C\C=C/C)[C@@H](C)N(C(=O)OC(C)(C)C)S(C)(=O)=O. The predicted octanol–water partition coefficient (Wildman–Crippen LogP) is 3.26. The molecule has 0 aromatic rings. The number of hydrogen-bond acceptors (Lipinski definition) is 4. The summed E-state index contributed by atoms with van der Waals surface area (Å²) in [5.74, 6) is 0. The Balaban J connectivity index is 5.64. The van der Waals surface area contributed by atoms with Crippen molar-refractivity contribution in [2.24, 2.45) is 0 Å². The minimum Gasteiger partial charge on any atom is -0.443 e. The first-order chi connectivity index (χ1) is 9.44. The van der Waals surface area contributed by atoms with Crippen molar-refractivity contribution in [1.82, 2.24) is 4.31 Å². The zero-order valence-corrected chi connectivity index (χ0v) is 14.4. The zero-order chi connectivity index (χ0) is 16.8. The van der Waals surface area contributed by atoms with Crippen molar-refractivity contribution in [2.45, 2.75) is 46.3 Å². The van der Waals surface area contributed by atoms with Gasteiger partial charge in [0.25, 0.3) is 0 Å². The summed E-state index contributed by atoms with van der Waals surface area (Å²) in [6.45, 7) is 12.2. The third kappa shape index (κ3) is 6.62. The summed E-state index contributed by atoms with van der Waals surface area (Å²) >= 11 is 0. The maximum Gasteiger partial charge on any atom is 0.424 e. The highest BCUT2D eigenvalue weighted by Gasteiger charge is 2.33. The third-order valence-corrected chi connectivity index (χ3v) is 3.66. The molecule has 0 fully saturated rings. The molecule has 6 heteroatoms. The van der Waals surface area contributed by atoms with Crippen molar-refractivity contribution in [3.05, 3.63) is 36.5 Å². The molecule has 0 radical (unpaired) electrons. The first-order valence-corrected chi connectivity index (χ1v) is 8.46. The van der Waals surface area contributed by atoms with Gasteiger partial charge in [-0.1, -0.05) is 30.9 Å². The normalized spacial score (nSPS) is 14.9. The Labute approximate surface area is 128 Å². The quantitative estimate of drug-likeness (QED) is 0.731. The molecular weight excluding hydrogens is 290 g/mol. The summed E-state index contributed by atoms with van der Waals surface area (Å²) in [6, 6.07) is -0.705. The van der Waals surface area contributed by atoms with Crippen molar-refractivity contribution in [2.75, 3.05) is 6.26 Å². The molecule has 0 aliphatic heterocycles. The monoisotopic (exact) mass is 315 g/mol. The van der Waals surface area contributed by atoms with Crippen LogP contribution in [0, 0.1) is 0 Å². The third-order valence-electron chi connectivity index (χ3n) is 2.48. The smallest absolute Gasteiger partial charge is 0.424 e. The van der Waals surface area contributed by atoms with Crippen LogP contribution in [0.2, 0.25) is 0 Å². The van der Waals surface area contributed by atoms with Gasteiger partial charge in [0.2, 0.25) is 10.0 Å². The fourth-order valence-corrected chi connectivity index (χ4v) is 2.61. The molecular formula is C15H25NO4S. The van der Waals surface area contributed by atoms with Crippen molar-refractivity contribution >= 4 is 16.1 Å². The van der Waals surface area contributed by atoms with Crippen LogP contribution in [0.15, 0.2) is 36.5 Å². The van der Waals surface area contributed by atoms with Crippen LogP contribution in [0.4, 0.5) is 4.79 Å². The summed E-state index contributed by atoms with van der Waals surface area (Å²) in [5.41, 5.74) is -0.175. The van der Waals surface area contributed by atoms with Crippen molar-refractivity contribution in [3.8, 4) is 0 Å². The number of nitrogens with zero attached hydrogens (tertiary/aromatic N) is 1. The van der Waals surface area contributed by atoms with E-state index in [0.29, 0.717) is 5.57 Å². The second-order valence-corrected chi connectivity index (χ2v) is 7.47. The highest BCUT2D eigenvalue weighted by molar-refractivity contribution is 7.88. The van der Waals surface area contributed by atoms with Crippen molar-refractivity contribution in [1.29, 1.82) is 0 Å². The van der Waals surface area contributed by atoms with E-state index in [2.05, 4.69) is 6.58 Å². The number of rotatable bonds is 5. The standard InChI is InChI=1S/C15H25NO4S/c1-8-10-11-13(9-2)12(3)16(21(7,18)19)14(17)20-15(4,5)6/h8-12H,2H2,1,3-7H3/b10-8-,13-11+/t12-/m1/s1. The second-order valence-electron chi connectivity index (χ2n) is 5.61. The van der Waals surface area contributed by atoms with E-state index in [9.17, 15) is 13.2 Å². The number of sulfonamides is 1. The molecule has 0 spiro atoms. The number of carbonyl (C=O) groups excluding carboxylic acids is 1. The van der Waals surface area contributed by atoms with E-state index >= 15 is 0 Å². The molecule has 0 saturated carbocycles. The molecule has 0 heterocycles. The Bertz CT molecular complexity index is 539. The first-order valence-electron chi connectivity index (χ1n) is 6.61. The van der Waals surface area contributed by atoms with Gasteiger partial charge < -0.3 is 4.74 Å². The number of ether oxygens (including phenoxy) is 1. The van der Waals surface area contributed by atoms with Gasteiger partial charge in [0, 0.05) is 0 Å². The highest BCUT2D eigenvalue weighted by Crippen LogP contribution is 2.19. The largest absolute Gasteiger partial charge is 0.443 e. The Kier molecular flexibility index (Phi) is 6.90. The van der Waals surface area contributed by atoms with Gasteiger partial charge >= 0.3 is 6.09 Å². The Morgan fingerprint density at radius 1 is 1.33 bits per heavy atom. The van der Waals surface area contributed by atoms with Crippen LogP contribution < -0.4 is 0 Å². The molecule has 21 heavy (non-hydrogen) atoms. The van der Waals surface area contributed by atoms with Gasteiger partial charge in [0.1, 0.15) is 5.60 Å². The summed E-state index contributed by atoms with van der Waals surface area (Å²) < 4.78 is 29.8. The topological polar surface area (TPSA) is 63.7 Å². The molecule has 120 valence electrons. The van der Waals surface area contributed by atoms with E-state index in [4.69, 9.17) is 4.74 Å². The fraction of sp³-hybridized carbons (Fsp3) is 0.533. The van der Waals surface area contributed by atoms with Crippen LogP contribution in [-0.2, 0) is 14.8 Å². The van der Waals surface area contributed by atoms with Crippen LogP contribution >= 0.6 is 0 Å². The minimum atomic E-state index is -3.77. The summed E-state index contributed by atoms with van der Waals surface area (Å²) in [7, 11) is -3.77. The number of amides is 1. The zero-order valence-electron chi connectivity index (χ0n) is 13.6. The van der Waals surface area contributed by atoms with Gasteiger partial charge in [0.15, 0.2) is 0 Å². The molecule has 5 nitrogen and oxygen atoms in total. The Morgan fingerprint density at radius 3 is 2.19 bits per heavy atom. The van der Waals surface area contributed by atoms with Gasteiger partial charge in [-0.05, 0) is 40.2 Å². The second kappa shape index (κ2) is 7.45. The lowest BCUT2D eigenvalue weighted by atomic mass is 10.1. The van der Waals surface area contributed by atoms with E-state index in [-0.39, 0.29) is 0 Å². The number of carbonyl (C=O) groups is 1.